The number of amides is 1. The first-order valence-electron chi connectivity index (χ1n) is 12.0. The number of carbonyl (C=O) groups is 1. The third-order valence-electron chi connectivity index (χ3n) is 6.52. The highest BCUT2D eigenvalue weighted by Gasteiger charge is 2.32. The number of halogens is 3. The number of anilines is 1. The molecule has 0 unspecified atom stereocenters. The quantitative estimate of drug-likeness (QED) is 0.355. The average Bonchev–Trinajstić information content (AvgIpc) is 2.95. The summed E-state index contributed by atoms with van der Waals surface area (Å²) in [4.78, 5) is 26.3. The summed E-state index contributed by atoms with van der Waals surface area (Å²) in [5, 5.41) is 0.764. The van der Waals surface area contributed by atoms with Gasteiger partial charge in [-0.25, -0.2) is 9.97 Å². The lowest BCUT2D eigenvalue weighted by molar-refractivity contribution is -0.137. The molecule has 0 spiro atoms. The number of ether oxygens (including phenoxy) is 2. The molecule has 1 amide bonds. The highest BCUT2D eigenvalue weighted by Crippen LogP contribution is 2.37. The topological polar surface area (TPSA) is 67.8 Å². The Hall–Kier alpha value is -4.34. The first-order chi connectivity index (χ1) is 18.3. The molecule has 1 aromatic heterocycles. The minimum absolute atomic E-state index is 0.0176. The van der Waals surface area contributed by atoms with Gasteiger partial charge in [-0.05, 0) is 24.3 Å². The Kier molecular flexibility index (Phi) is 6.79. The molecule has 0 aliphatic carbocycles. The van der Waals surface area contributed by atoms with Gasteiger partial charge in [0.1, 0.15) is 5.82 Å². The Morgan fingerprint density at radius 1 is 0.842 bits per heavy atom. The summed E-state index contributed by atoms with van der Waals surface area (Å²) in [6.07, 6.45) is -4.51. The van der Waals surface area contributed by atoms with Crippen LogP contribution in [0.15, 0.2) is 66.7 Å². The second-order valence-electron chi connectivity index (χ2n) is 8.82. The molecule has 2 heterocycles. The molecule has 1 saturated heterocycles. The van der Waals surface area contributed by atoms with Crippen molar-refractivity contribution in [2.75, 3.05) is 45.3 Å². The smallest absolute Gasteiger partial charge is 0.416 e. The maximum absolute atomic E-state index is 13.1. The first kappa shape index (κ1) is 25.3. The van der Waals surface area contributed by atoms with Crippen LogP contribution in [0.4, 0.5) is 19.0 Å². The van der Waals surface area contributed by atoms with Gasteiger partial charge in [-0.1, -0.05) is 36.4 Å². The maximum Gasteiger partial charge on any atom is 0.416 e. The van der Waals surface area contributed by atoms with Gasteiger partial charge < -0.3 is 19.3 Å². The number of benzene rings is 3. The average molecular weight is 523 g/mol. The lowest BCUT2D eigenvalue weighted by atomic mass is 10.1. The number of methoxy groups -OCH3 is 2. The Bertz CT molecular complexity index is 1470. The maximum atomic E-state index is 13.1. The van der Waals surface area contributed by atoms with E-state index in [-0.39, 0.29) is 5.56 Å². The molecule has 0 saturated carbocycles. The standard InChI is InChI=1S/C28H25F3N4O3/c1-37-23-16-21-22(17-24(23)38-2)32-25(18-7-4-3-5-8-18)33-26(21)34-11-13-35(14-12-34)27(36)19-9-6-10-20(15-19)28(29,30)31/h3-10,15-17H,11-14H2,1-2H3. The van der Waals surface area contributed by atoms with Gasteiger partial charge in [-0.15, -0.1) is 0 Å². The number of rotatable bonds is 5. The van der Waals surface area contributed by atoms with Crippen LogP contribution in [0.2, 0.25) is 0 Å². The highest BCUT2D eigenvalue weighted by molar-refractivity contribution is 5.95. The van der Waals surface area contributed by atoms with Gasteiger partial charge in [0.2, 0.25) is 0 Å². The fourth-order valence-electron chi connectivity index (χ4n) is 4.53. The second-order valence-corrected chi connectivity index (χ2v) is 8.82. The molecule has 0 atom stereocenters. The van der Waals surface area contributed by atoms with E-state index in [1.54, 1.807) is 25.2 Å². The Balaban J connectivity index is 1.46. The number of fused-ring (bicyclic) bond motifs is 1. The van der Waals surface area contributed by atoms with Gasteiger partial charge in [0.15, 0.2) is 17.3 Å². The van der Waals surface area contributed by atoms with E-state index >= 15 is 0 Å². The number of alkyl halides is 3. The van der Waals surface area contributed by atoms with Crippen molar-refractivity contribution in [3.05, 3.63) is 77.9 Å². The third-order valence-corrected chi connectivity index (χ3v) is 6.52. The van der Waals surface area contributed by atoms with Crippen molar-refractivity contribution in [1.29, 1.82) is 0 Å². The zero-order valence-corrected chi connectivity index (χ0v) is 20.8. The predicted octanol–water partition coefficient (Wildman–Crippen LogP) is 5.30. The number of hydrogen-bond acceptors (Lipinski definition) is 6. The van der Waals surface area contributed by atoms with E-state index < -0.39 is 17.6 Å². The van der Waals surface area contributed by atoms with Crippen molar-refractivity contribution in [3.63, 3.8) is 0 Å². The fourth-order valence-corrected chi connectivity index (χ4v) is 4.53. The van der Waals surface area contributed by atoms with Crippen molar-refractivity contribution in [1.82, 2.24) is 14.9 Å². The molecule has 7 nitrogen and oxygen atoms in total. The summed E-state index contributed by atoms with van der Waals surface area (Å²) in [6.45, 7) is 1.54. The van der Waals surface area contributed by atoms with E-state index in [0.29, 0.717) is 54.8 Å². The lowest BCUT2D eigenvalue weighted by Gasteiger charge is -2.36. The summed E-state index contributed by atoms with van der Waals surface area (Å²) in [6, 6.07) is 17.8. The minimum Gasteiger partial charge on any atom is -0.493 e. The zero-order valence-electron chi connectivity index (χ0n) is 20.8. The van der Waals surface area contributed by atoms with Gasteiger partial charge >= 0.3 is 6.18 Å². The summed E-state index contributed by atoms with van der Waals surface area (Å²) in [5.41, 5.74) is 0.703. The largest absolute Gasteiger partial charge is 0.493 e. The third kappa shape index (κ3) is 4.93. The molecular weight excluding hydrogens is 497 g/mol. The van der Waals surface area contributed by atoms with Gasteiger partial charge in [-0.3, -0.25) is 4.79 Å². The van der Waals surface area contributed by atoms with E-state index in [4.69, 9.17) is 19.4 Å². The Morgan fingerprint density at radius 2 is 1.53 bits per heavy atom. The molecule has 196 valence electrons. The minimum atomic E-state index is -4.51. The van der Waals surface area contributed by atoms with Crippen molar-refractivity contribution in [3.8, 4) is 22.9 Å². The molecule has 5 rings (SSSR count). The normalized spacial score (nSPS) is 14.0. The van der Waals surface area contributed by atoms with E-state index in [1.807, 2.05) is 36.4 Å². The Labute approximate surface area is 217 Å². The van der Waals surface area contributed by atoms with Crippen LogP contribution in [0, 0.1) is 0 Å². The number of aromatic nitrogens is 2. The lowest BCUT2D eigenvalue weighted by Crippen LogP contribution is -2.49. The van der Waals surface area contributed by atoms with Crippen molar-refractivity contribution < 1.29 is 27.4 Å². The van der Waals surface area contributed by atoms with Gasteiger partial charge in [-0.2, -0.15) is 13.2 Å². The summed E-state index contributed by atoms with van der Waals surface area (Å²) in [7, 11) is 3.12. The van der Waals surface area contributed by atoms with Crippen LogP contribution in [0.1, 0.15) is 15.9 Å². The molecule has 10 heteroatoms. The van der Waals surface area contributed by atoms with Crippen LogP contribution in [-0.4, -0.2) is 61.2 Å². The zero-order chi connectivity index (χ0) is 26.9. The number of piperazine rings is 1. The summed E-state index contributed by atoms with van der Waals surface area (Å²) in [5.74, 6) is 1.87. The molecule has 38 heavy (non-hydrogen) atoms. The second kappa shape index (κ2) is 10.2. The molecule has 1 aliphatic rings. The van der Waals surface area contributed by atoms with Gasteiger partial charge in [0, 0.05) is 48.8 Å². The van der Waals surface area contributed by atoms with Crippen LogP contribution in [0.5, 0.6) is 11.5 Å². The number of nitrogens with zero attached hydrogens (tertiary/aromatic N) is 4. The number of carbonyl (C=O) groups excluding carboxylic acids is 1. The van der Waals surface area contributed by atoms with E-state index in [0.717, 1.165) is 23.1 Å². The molecule has 4 aromatic rings. The molecule has 0 N–H and O–H groups in total. The van der Waals surface area contributed by atoms with E-state index in [1.165, 1.54) is 12.1 Å². The van der Waals surface area contributed by atoms with Crippen LogP contribution < -0.4 is 14.4 Å². The van der Waals surface area contributed by atoms with E-state index in [2.05, 4.69) is 4.90 Å². The highest BCUT2D eigenvalue weighted by atomic mass is 19.4. The first-order valence-corrected chi connectivity index (χ1v) is 12.0. The summed E-state index contributed by atoms with van der Waals surface area (Å²) >= 11 is 0. The van der Waals surface area contributed by atoms with Crippen molar-refractivity contribution >= 4 is 22.6 Å². The van der Waals surface area contributed by atoms with Crippen LogP contribution in [0.3, 0.4) is 0 Å². The molecular formula is C28H25F3N4O3. The predicted molar refractivity (Wildman–Crippen MR) is 138 cm³/mol. The van der Waals surface area contributed by atoms with Crippen molar-refractivity contribution in [2.24, 2.45) is 0 Å². The monoisotopic (exact) mass is 522 g/mol. The molecule has 1 fully saturated rings. The number of hydrogen-bond donors (Lipinski definition) is 0. The van der Waals surface area contributed by atoms with Crippen LogP contribution >= 0.6 is 0 Å². The van der Waals surface area contributed by atoms with Crippen molar-refractivity contribution in [2.45, 2.75) is 6.18 Å². The van der Waals surface area contributed by atoms with Crippen LogP contribution in [-0.2, 0) is 6.18 Å². The fraction of sp³-hybridized carbons (Fsp3) is 0.250. The summed E-state index contributed by atoms with van der Waals surface area (Å²) < 4.78 is 50.4. The van der Waals surface area contributed by atoms with Gasteiger partial charge in [0.05, 0.1) is 25.3 Å². The molecule has 0 radical (unpaired) electrons. The Morgan fingerprint density at radius 3 is 2.18 bits per heavy atom. The van der Waals surface area contributed by atoms with E-state index in [9.17, 15) is 18.0 Å². The van der Waals surface area contributed by atoms with Crippen LogP contribution in [0.25, 0.3) is 22.3 Å². The molecule has 1 aliphatic heterocycles. The van der Waals surface area contributed by atoms with Gasteiger partial charge in [0.25, 0.3) is 5.91 Å². The SMILES string of the molecule is COc1cc2nc(-c3ccccc3)nc(N3CCN(C(=O)c4cccc(C(F)(F)F)c4)CC3)c2cc1OC. The molecule has 3 aromatic carbocycles. The molecule has 0 bridgehead atoms.